The molecule has 0 aliphatic heterocycles. The first-order valence-electron chi connectivity index (χ1n) is 6.81. The van der Waals surface area contributed by atoms with Crippen LogP contribution in [0.15, 0.2) is 12.4 Å². The van der Waals surface area contributed by atoms with E-state index in [0.717, 1.165) is 19.3 Å². The van der Waals surface area contributed by atoms with Crippen molar-refractivity contribution in [3.05, 3.63) is 12.4 Å². The van der Waals surface area contributed by atoms with Crippen LogP contribution < -0.4 is 0 Å². The van der Waals surface area contributed by atoms with Crippen molar-refractivity contribution < 1.29 is 13.9 Å². The first-order chi connectivity index (χ1) is 8.23. The van der Waals surface area contributed by atoms with Crippen molar-refractivity contribution >= 4 is 5.97 Å². The third-order valence-corrected chi connectivity index (χ3v) is 5.11. The molecular weight excluding hydrogens is 231 g/mol. The van der Waals surface area contributed by atoms with Crippen LogP contribution in [0.2, 0.25) is 0 Å². The summed E-state index contributed by atoms with van der Waals surface area (Å²) < 4.78 is 18.4. The van der Waals surface area contributed by atoms with Crippen molar-refractivity contribution in [2.45, 2.75) is 58.0 Å². The van der Waals surface area contributed by atoms with Crippen LogP contribution in [0.5, 0.6) is 0 Å². The lowest BCUT2D eigenvalue weighted by molar-refractivity contribution is -0.213. The number of rotatable bonds is 2. The van der Waals surface area contributed by atoms with E-state index in [0.29, 0.717) is 5.92 Å². The van der Waals surface area contributed by atoms with Crippen molar-refractivity contribution in [1.82, 2.24) is 0 Å². The molecule has 4 aliphatic carbocycles. The molecule has 0 spiro atoms. The van der Waals surface area contributed by atoms with E-state index in [1.54, 1.807) is 0 Å². The van der Waals surface area contributed by atoms with Gasteiger partial charge >= 0.3 is 5.97 Å². The third kappa shape index (κ3) is 1.79. The Morgan fingerprint density at radius 2 is 1.72 bits per heavy atom. The number of hydrogen-bond acceptors (Lipinski definition) is 2. The van der Waals surface area contributed by atoms with Gasteiger partial charge in [-0.25, -0.2) is 4.79 Å². The zero-order valence-corrected chi connectivity index (χ0v) is 11.2. The molecule has 2 unspecified atom stereocenters. The monoisotopic (exact) mass is 252 g/mol. The number of halogens is 1. The van der Waals surface area contributed by atoms with Crippen molar-refractivity contribution in [1.29, 1.82) is 0 Å². The summed E-state index contributed by atoms with van der Waals surface area (Å²) in [6.07, 6.45) is 6.39. The fourth-order valence-corrected chi connectivity index (χ4v) is 5.71. The highest BCUT2D eigenvalue weighted by Crippen LogP contribution is 2.67. The van der Waals surface area contributed by atoms with Gasteiger partial charge in [0, 0.05) is 0 Å². The molecule has 0 aromatic carbocycles. The Morgan fingerprint density at radius 1 is 1.17 bits per heavy atom. The molecule has 0 saturated heterocycles. The van der Waals surface area contributed by atoms with Gasteiger partial charge in [-0.2, -0.15) is 4.39 Å². The van der Waals surface area contributed by atoms with Crippen LogP contribution in [0, 0.1) is 16.7 Å². The van der Waals surface area contributed by atoms with Gasteiger partial charge in [-0.15, -0.1) is 0 Å². The van der Waals surface area contributed by atoms with Crippen LogP contribution in [-0.2, 0) is 9.53 Å². The molecule has 2 nitrogen and oxygen atoms in total. The average Bonchev–Trinajstić information content (AvgIpc) is 2.09. The molecule has 0 heterocycles. The molecule has 4 saturated carbocycles. The number of carbonyl (C=O) groups is 1. The van der Waals surface area contributed by atoms with Crippen LogP contribution in [-0.4, -0.2) is 11.6 Å². The van der Waals surface area contributed by atoms with Gasteiger partial charge in [-0.05, 0) is 55.3 Å². The van der Waals surface area contributed by atoms with Gasteiger partial charge in [0.1, 0.15) is 5.60 Å². The predicted octanol–water partition coefficient (Wildman–Crippen LogP) is 3.76. The van der Waals surface area contributed by atoms with Crippen LogP contribution in [0.3, 0.4) is 0 Å². The molecule has 2 atom stereocenters. The van der Waals surface area contributed by atoms with Gasteiger partial charge < -0.3 is 4.74 Å². The summed E-state index contributed by atoms with van der Waals surface area (Å²) in [6.45, 7) is 7.64. The summed E-state index contributed by atoms with van der Waals surface area (Å²) in [4.78, 5) is 11.5. The third-order valence-electron chi connectivity index (χ3n) is 5.11. The zero-order valence-electron chi connectivity index (χ0n) is 11.2. The largest absolute Gasteiger partial charge is 0.454 e. The Bertz CT molecular complexity index is 410. The van der Waals surface area contributed by atoms with E-state index in [9.17, 15) is 9.18 Å². The average molecular weight is 252 g/mol. The number of esters is 1. The molecule has 0 aromatic heterocycles. The Balaban J connectivity index is 1.89. The second-order valence-corrected chi connectivity index (χ2v) is 7.61. The van der Waals surface area contributed by atoms with Crippen LogP contribution >= 0.6 is 0 Å². The molecule has 100 valence electrons. The van der Waals surface area contributed by atoms with E-state index >= 15 is 0 Å². The van der Waals surface area contributed by atoms with E-state index in [-0.39, 0.29) is 10.8 Å². The van der Waals surface area contributed by atoms with Crippen molar-refractivity contribution in [2.75, 3.05) is 0 Å². The van der Waals surface area contributed by atoms with E-state index in [1.807, 2.05) is 0 Å². The molecule has 3 heteroatoms. The second kappa shape index (κ2) is 3.37. The number of hydrogen-bond donors (Lipinski definition) is 0. The minimum absolute atomic E-state index is 0.270. The second-order valence-electron chi connectivity index (χ2n) is 7.61. The maximum atomic E-state index is 12.9. The molecule has 4 bridgehead atoms. The first-order valence-corrected chi connectivity index (χ1v) is 6.81. The lowest BCUT2D eigenvalue weighted by atomic mass is 9.43. The van der Waals surface area contributed by atoms with Crippen LogP contribution in [0.4, 0.5) is 4.39 Å². The Kier molecular flexibility index (Phi) is 2.28. The predicted molar refractivity (Wildman–Crippen MR) is 66.5 cm³/mol. The van der Waals surface area contributed by atoms with E-state index < -0.39 is 17.4 Å². The van der Waals surface area contributed by atoms with Gasteiger partial charge in [0.05, 0.1) is 0 Å². The first kappa shape index (κ1) is 12.2. The quantitative estimate of drug-likeness (QED) is 0.552. The fraction of sp³-hybridized carbons (Fsp3) is 0.800. The highest BCUT2D eigenvalue weighted by atomic mass is 19.1. The molecule has 0 N–H and O–H groups in total. The van der Waals surface area contributed by atoms with E-state index in [4.69, 9.17) is 4.74 Å². The minimum Gasteiger partial charge on any atom is -0.454 e. The Labute approximate surface area is 108 Å². The Morgan fingerprint density at radius 3 is 2.17 bits per heavy atom. The summed E-state index contributed by atoms with van der Waals surface area (Å²) in [7, 11) is 0. The van der Waals surface area contributed by atoms with Crippen molar-refractivity contribution in [3.63, 3.8) is 0 Å². The smallest absolute Gasteiger partial charge is 0.367 e. The fourth-order valence-electron chi connectivity index (χ4n) is 5.71. The van der Waals surface area contributed by atoms with Gasteiger partial charge in [0.2, 0.25) is 5.83 Å². The van der Waals surface area contributed by atoms with Gasteiger partial charge in [-0.3, -0.25) is 0 Å². The Hall–Kier alpha value is -0.860. The minimum atomic E-state index is -0.971. The normalized spacial score (nSPS) is 49.2. The van der Waals surface area contributed by atoms with Crippen LogP contribution in [0.1, 0.15) is 52.4 Å². The molecule has 4 aliphatic rings. The molecule has 0 amide bonds. The lowest BCUT2D eigenvalue weighted by Gasteiger charge is -2.64. The molecule has 4 rings (SSSR count). The van der Waals surface area contributed by atoms with Gasteiger partial charge in [0.25, 0.3) is 0 Å². The van der Waals surface area contributed by atoms with E-state index in [1.165, 1.54) is 19.3 Å². The molecule has 18 heavy (non-hydrogen) atoms. The van der Waals surface area contributed by atoms with Crippen molar-refractivity contribution in [2.24, 2.45) is 16.7 Å². The highest BCUT2D eigenvalue weighted by molar-refractivity contribution is 5.85. The van der Waals surface area contributed by atoms with E-state index in [2.05, 4.69) is 20.4 Å². The standard InChI is InChI=1S/C15H21FO2/c1-10(16)12(17)18-15-6-11-4-13(2,8-15)7-14(3,5-11)9-15/h11H,1,4-9H2,2-3H3. The summed E-state index contributed by atoms with van der Waals surface area (Å²) in [5.41, 5.74) is 0.118. The molecule has 0 radical (unpaired) electrons. The highest BCUT2D eigenvalue weighted by Gasteiger charge is 2.61. The summed E-state index contributed by atoms with van der Waals surface area (Å²) in [5, 5.41) is 0. The number of ether oxygens (including phenoxy) is 1. The summed E-state index contributed by atoms with van der Waals surface area (Å²) in [6, 6.07) is 0. The van der Waals surface area contributed by atoms with Gasteiger partial charge in [0.15, 0.2) is 0 Å². The molecular formula is C15H21FO2. The maximum Gasteiger partial charge on any atom is 0.367 e. The summed E-state index contributed by atoms with van der Waals surface area (Å²) >= 11 is 0. The maximum absolute atomic E-state index is 12.9. The topological polar surface area (TPSA) is 26.3 Å². The molecule has 0 aromatic rings. The SMILES string of the molecule is C=C(F)C(=O)OC12CC3CC(C)(CC(C)(C3)C1)C2. The zero-order chi connectivity index (χ0) is 13.2. The van der Waals surface area contributed by atoms with Crippen LogP contribution in [0.25, 0.3) is 0 Å². The number of carbonyl (C=O) groups excluding carboxylic acids is 1. The van der Waals surface area contributed by atoms with Gasteiger partial charge in [-0.1, -0.05) is 20.4 Å². The van der Waals surface area contributed by atoms with Crippen molar-refractivity contribution in [3.8, 4) is 0 Å². The summed E-state index contributed by atoms with van der Waals surface area (Å²) in [5.74, 6) is -1.19. The molecule has 4 fully saturated rings. The lowest BCUT2D eigenvalue weighted by Crippen LogP contribution is -2.60.